The first-order valence-corrected chi connectivity index (χ1v) is 8.65. The van der Waals surface area contributed by atoms with Gasteiger partial charge in [-0.1, -0.05) is 18.2 Å². The molecule has 0 unspecified atom stereocenters. The zero-order valence-corrected chi connectivity index (χ0v) is 14.5. The Kier molecular flexibility index (Phi) is 5.20. The molecule has 126 valence electrons. The first-order valence-electron chi connectivity index (χ1n) is 7.77. The fourth-order valence-electron chi connectivity index (χ4n) is 2.32. The van der Waals surface area contributed by atoms with Gasteiger partial charge in [-0.05, 0) is 42.6 Å². The molecule has 0 atom stereocenters. The maximum Gasteiger partial charge on any atom is 0.255 e. The van der Waals surface area contributed by atoms with Crippen molar-refractivity contribution >= 4 is 34.5 Å². The van der Waals surface area contributed by atoms with E-state index in [2.05, 4.69) is 15.6 Å². The smallest absolute Gasteiger partial charge is 0.255 e. The molecule has 25 heavy (non-hydrogen) atoms. The predicted molar refractivity (Wildman–Crippen MR) is 99.5 cm³/mol. The molecule has 0 aliphatic rings. The second-order valence-corrected chi connectivity index (χ2v) is 6.46. The Morgan fingerprint density at radius 1 is 1.12 bits per heavy atom. The molecule has 0 aliphatic heterocycles. The van der Waals surface area contributed by atoms with E-state index in [1.54, 1.807) is 47.9 Å². The second kappa shape index (κ2) is 7.72. The number of aromatic nitrogens is 1. The van der Waals surface area contributed by atoms with Crippen LogP contribution < -0.4 is 10.6 Å². The van der Waals surface area contributed by atoms with Gasteiger partial charge in [0.15, 0.2) is 5.78 Å². The zero-order chi connectivity index (χ0) is 17.6. The quantitative estimate of drug-likeness (QED) is 0.658. The minimum Gasteiger partial charge on any atom is -0.347 e. The van der Waals surface area contributed by atoms with Crippen LogP contribution >= 0.6 is 11.3 Å². The summed E-state index contributed by atoms with van der Waals surface area (Å²) in [5, 5.41) is 7.99. The van der Waals surface area contributed by atoms with E-state index in [9.17, 15) is 9.59 Å². The molecule has 0 radical (unpaired) electrons. The van der Waals surface area contributed by atoms with Gasteiger partial charge in [0.05, 0.1) is 12.1 Å². The first kappa shape index (κ1) is 16.9. The molecular formula is C19H17N3O2S. The number of hydrogen-bond donors (Lipinski definition) is 2. The van der Waals surface area contributed by atoms with Crippen LogP contribution in [-0.4, -0.2) is 16.7 Å². The number of nitrogens with one attached hydrogen (secondary N) is 2. The van der Waals surface area contributed by atoms with Gasteiger partial charge in [0.1, 0.15) is 5.82 Å². The predicted octanol–water partition coefficient (Wildman–Crippen LogP) is 4.02. The number of hydrogen-bond acceptors (Lipinski definition) is 5. The topological polar surface area (TPSA) is 71.1 Å². The molecule has 2 N–H and O–H groups in total. The summed E-state index contributed by atoms with van der Waals surface area (Å²) in [5.41, 5.74) is 1.76. The van der Waals surface area contributed by atoms with Crippen LogP contribution in [0.4, 0.5) is 11.5 Å². The lowest BCUT2D eigenvalue weighted by molar-refractivity contribution is 0.0950. The van der Waals surface area contributed by atoms with E-state index in [0.29, 0.717) is 29.2 Å². The number of ketones is 1. The van der Waals surface area contributed by atoms with E-state index >= 15 is 0 Å². The number of thiophene rings is 1. The van der Waals surface area contributed by atoms with Crippen molar-refractivity contribution < 1.29 is 9.59 Å². The van der Waals surface area contributed by atoms with Crippen molar-refractivity contribution in [3.8, 4) is 0 Å². The Balaban J connectivity index is 1.77. The van der Waals surface area contributed by atoms with Gasteiger partial charge in [-0.25, -0.2) is 4.98 Å². The Hall–Kier alpha value is -2.99. The van der Waals surface area contributed by atoms with Crippen molar-refractivity contribution in [3.05, 3.63) is 76.1 Å². The van der Waals surface area contributed by atoms with Gasteiger partial charge in [-0.3, -0.25) is 9.59 Å². The van der Waals surface area contributed by atoms with Crippen LogP contribution in [0.3, 0.4) is 0 Å². The normalized spacial score (nSPS) is 10.3. The lowest BCUT2D eigenvalue weighted by Crippen LogP contribution is -2.23. The fourth-order valence-corrected chi connectivity index (χ4v) is 2.96. The van der Waals surface area contributed by atoms with E-state index in [4.69, 9.17) is 0 Å². The molecule has 0 saturated heterocycles. The van der Waals surface area contributed by atoms with Gasteiger partial charge < -0.3 is 10.6 Å². The molecule has 5 nitrogen and oxygen atoms in total. The third-order valence-electron chi connectivity index (χ3n) is 3.59. The summed E-state index contributed by atoms with van der Waals surface area (Å²) in [6.45, 7) is 1.99. The van der Waals surface area contributed by atoms with E-state index in [1.165, 1.54) is 6.92 Å². The minimum absolute atomic E-state index is 0.0152. The molecule has 0 aliphatic carbocycles. The van der Waals surface area contributed by atoms with Crippen LogP contribution in [0.1, 0.15) is 32.5 Å². The summed E-state index contributed by atoms with van der Waals surface area (Å²) in [7, 11) is 0. The maximum atomic E-state index is 12.5. The maximum absolute atomic E-state index is 12.5. The zero-order valence-electron chi connectivity index (χ0n) is 13.7. The van der Waals surface area contributed by atoms with Crippen LogP contribution in [0.25, 0.3) is 0 Å². The van der Waals surface area contributed by atoms with Crippen molar-refractivity contribution in [1.29, 1.82) is 0 Å². The van der Waals surface area contributed by atoms with Gasteiger partial charge >= 0.3 is 0 Å². The van der Waals surface area contributed by atoms with Crippen molar-refractivity contribution in [2.24, 2.45) is 0 Å². The molecule has 6 heteroatoms. The highest BCUT2D eigenvalue weighted by molar-refractivity contribution is 7.09. The van der Waals surface area contributed by atoms with Crippen molar-refractivity contribution in [2.45, 2.75) is 13.5 Å². The third-order valence-corrected chi connectivity index (χ3v) is 4.46. The molecule has 2 heterocycles. The van der Waals surface area contributed by atoms with Crippen LogP contribution in [0.15, 0.2) is 60.1 Å². The highest BCUT2D eigenvalue weighted by Gasteiger charge is 2.13. The molecule has 3 aromatic rings. The highest BCUT2D eigenvalue weighted by atomic mass is 32.1. The number of Topliss-reactive ketones (excluding diaryl/α,β-unsaturated/α-hetero) is 1. The van der Waals surface area contributed by atoms with Crippen molar-refractivity contribution in [1.82, 2.24) is 10.3 Å². The number of rotatable bonds is 6. The van der Waals surface area contributed by atoms with Gasteiger partial charge in [0, 0.05) is 22.3 Å². The lowest BCUT2D eigenvalue weighted by Gasteiger charge is -2.11. The average Bonchev–Trinajstić information content (AvgIpc) is 3.14. The van der Waals surface area contributed by atoms with Crippen LogP contribution in [0.2, 0.25) is 0 Å². The molecule has 0 bridgehead atoms. The summed E-state index contributed by atoms with van der Waals surface area (Å²) in [5.74, 6) is 0.234. The van der Waals surface area contributed by atoms with Crippen LogP contribution in [0.5, 0.6) is 0 Å². The molecule has 3 rings (SSSR count). The van der Waals surface area contributed by atoms with E-state index in [1.807, 2.05) is 23.6 Å². The summed E-state index contributed by atoms with van der Waals surface area (Å²) < 4.78 is 0. The second-order valence-electron chi connectivity index (χ2n) is 5.42. The van der Waals surface area contributed by atoms with Gasteiger partial charge in [0.25, 0.3) is 5.91 Å². The molecule has 0 spiro atoms. The molecule has 1 amide bonds. The summed E-state index contributed by atoms with van der Waals surface area (Å²) in [4.78, 5) is 29.3. The number of pyridine rings is 1. The first-order chi connectivity index (χ1) is 12.1. The third kappa shape index (κ3) is 4.30. The summed E-state index contributed by atoms with van der Waals surface area (Å²) in [6, 6.07) is 14.5. The van der Waals surface area contributed by atoms with E-state index in [-0.39, 0.29) is 11.7 Å². The lowest BCUT2D eigenvalue weighted by atomic mass is 10.1. The SMILES string of the molecule is CC(=O)c1cccc(Nc2ncccc2C(=O)NCc2cccs2)c1. The summed E-state index contributed by atoms with van der Waals surface area (Å²) >= 11 is 1.59. The number of anilines is 2. The van der Waals surface area contributed by atoms with Gasteiger partial charge in [0.2, 0.25) is 0 Å². The number of benzene rings is 1. The largest absolute Gasteiger partial charge is 0.347 e. The Morgan fingerprint density at radius 3 is 2.76 bits per heavy atom. The monoisotopic (exact) mass is 351 g/mol. The fraction of sp³-hybridized carbons (Fsp3) is 0.105. The molecule has 1 aromatic carbocycles. The minimum atomic E-state index is -0.202. The number of carbonyl (C=O) groups is 2. The number of amides is 1. The molecule has 0 saturated carbocycles. The molecule has 2 aromatic heterocycles. The number of nitrogens with zero attached hydrogens (tertiary/aromatic N) is 1. The van der Waals surface area contributed by atoms with Gasteiger partial charge in [-0.15, -0.1) is 11.3 Å². The standard InChI is InChI=1S/C19H17N3O2S/c1-13(23)14-5-2-6-15(11-14)22-18-17(8-3-9-20-18)19(24)21-12-16-7-4-10-25-16/h2-11H,12H2,1H3,(H,20,22)(H,21,24). The van der Waals surface area contributed by atoms with Crippen molar-refractivity contribution in [2.75, 3.05) is 5.32 Å². The van der Waals surface area contributed by atoms with Gasteiger partial charge in [-0.2, -0.15) is 0 Å². The molecule has 0 fully saturated rings. The number of carbonyl (C=O) groups excluding carboxylic acids is 2. The molecular weight excluding hydrogens is 334 g/mol. The Labute approximate surface area is 149 Å². The van der Waals surface area contributed by atoms with E-state index < -0.39 is 0 Å². The summed E-state index contributed by atoms with van der Waals surface area (Å²) in [6.07, 6.45) is 1.62. The Bertz CT molecular complexity index is 891. The van der Waals surface area contributed by atoms with Crippen LogP contribution in [-0.2, 0) is 6.54 Å². The highest BCUT2D eigenvalue weighted by Crippen LogP contribution is 2.20. The van der Waals surface area contributed by atoms with E-state index in [0.717, 1.165) is 4.88 Å². The van der Waals surface area contributed by atoms with Crippen molar-refractivity contribution in [3.63, 3.8) is 0 Å². The van der Waals surface area contributed by atoms with Crippen LogP contribution in [0, 0.1) is 0 Å². The average molecular weight is 351 g/mol. The Morgan fingerprint density at radius 2 is 2.00 bits per heavy atom.